The molecule has 0 aromatic carbocycles. The Labute approximate surface area is 77.6 Å². The van der Waals surface area contributed by atoms with E-state index in [1.165, 1.54) is 0 Å². The Morgan fingerprint density at radius 1 is 1.62 bits per heavy atom. The van der Waals surface area contributed by atoms with E-state index in [1.54, 1.807) is 20.8 Å². The molecule has 0 bridgehead atoms. The molecule has 0 radical (unpaired) electrons. The summed E-state index contributed by atoms with van der Waals surface area (Å²) in [6.45, 7) is 5.01. The number of nitrogens with one attached hydrogen (secondary N) is 1. The molecule has 0 spiro atoms. The largest absolute Gasteiger partial charge is 0.444 e. The van der Waals surface area contributed by atoms with Crippen LogP contribution < -0.4 is 11.1 Å². The van der Waals surface area contributed by atoms with Crippen molar-refractivity contribution in [3.63, 3.8) is 0 Å². The summed E-state index contributed by atoms with van der Waals surface area (Å²) in [7, 11) is 0. The van der Waals surface area contributed by atoms with Gasteiger partial charge in [-0.2, -0.15) is 0 Å². The lowest BCUT2D eigenvalue weighted by Gasteiger charge is -2.19. The zero-order chi connectivity index (χ0) is 10.5. The van der Waals surface area contributed by atoms with Gasteiger partial charge in [0, 0.05) is 6.54 Å². The molecular weight excluding hydrogens is 175 g/mol. The highest BCUT2D eigenvalue weighted by Crippen LogP contribution is 2.06. The number of halogens is 1. The molecule has 0 aromatic heterocycles. The summed E-state index contributed by atoms with van der Waals surface area (Å²) < 4.78 is 17.4. The van der Waals surface area contributed by atoms with Crippen molar-refractivity contribution in [3.8, 4) is 0 Å². The van der Waals surface area contributed by atoms with Gasteiger partial charge in [0.15, 0.2) is 0 Å². The van der Waals surface area contributed by atoms with Crippen LogP contribution in [0.25, 0.3) is 0 Å². The SMILES string of the molecule is CC(C)(C)OC(=O)NC[C@@H](F)CN. The van der Waals surface area contributed by atoms with Crippen LogP contribution in [0.1, 0.15) is 20.8 Å². The predicted octanol–water partition coefficient (Wildman–Crippen LogP) is 0.808. The van der Waals surface area contributed by atoms with E-state index in [0.29, 0.717) is 0 Å². The minimum absolute atomic E-state index is 0.101. The number of hydrogen-bond acceptors (Lipinski definition) is 3. The number of rotatable bonds is 3. The average Bonchev–Trinajstić information content (AvgIpc) is 1.97. The number of carbonyl (C=O) groups excluding carboxylic acids is 1. The van der Waals surface area contributed by atoms with Crippen molar-refractivity contribution in [2.45, 2.75) is 32.5 Å². The minimum atomic E-state index is -1.22. The molecule has 0 aliphatic rings. The molecule has 0 aliphatic heterocycles. The van der Waals surface area contributed by atoms with Crippen LogP contribution in [0, 0.1) is 0 Å². The Kier molecular flexibility index (Phi) is 4.69. The van der Waals surface area contributed by atoms with Crippen molar-refractivity contribution in [2.24, 2.45) is 5.73 Å². The summed E-state index contributed by atoms with van der Waals surface area (Å²) in [6.07, 6.45) is -1.84. The Morgan fingerprint density at radius 3 is 2.54 bits per heavy atom. The first-order valence-corrected chi connectivity index (χ1v) is 4.16. The van der Waals surface area contributed by atoms with E-state index in [9.17, 15) is 9.18 Å². The van der Waals surface area contributed by atoms with E-state index in [-0.39, 0.29) is 13.1 Å². The molecule has 3 N–H and O–H groups in total. The molecular formula is C8H17FN2O2. The number of carbonyl (C=O) groups is 1. The number of amides is 1. The predicted molar refractivity (Wildman–Crippen MR) is 48.2 cm³/mol. The summed E-state index contributed by atoms with van der Waals surface area (Å²) >= 11 is 0. The van der Waals surface area contributed by atoms with Crippen LogP contribution in [0.4, 0.5) is 9.18 Å². The van der Waals surface area contributed by atoms with Crippen LogP contribution in [0.3, 0.4) is 0 Å². The summed E-state index contributed by atoms with van der Waals surface area (Å²) in [6, 6.07) is 0. The molecule has 0 unspecified atom stereocenters. The number of alkyl halides is 1. The van der Waals surface area contributed by atoms with Gasteiger partial charge in [-0.3, -0.25) is 0 Å². The molecule has 0 aromatic rings. The van der Waals surface area contributed by atoms with E-state index in [4.69, 9.17) is 10.5 Å². The van der Waals surface area contributed by atoms with Gasteiger partial charge in [0.25, 0.3) is 0 Å². The average molecular weight is 192 g/mol. The van der Waals surface area contributed by atoms with E-state index in [1.807, 2.05) is 0 Å². The second-order valence-electron chi connectivity index (χ2n) is 3.72. The van der Waals surface area contributed by atoms with Gasteiger partial charge in [-0.15, -0.1) is 0 Å². The fourth-order valence-electron chi connectivity index (χ4n) is 0.592. The molecule has 1 amide bonds. The highest BCUT2D eigenvalue weighted by molar-refractivity contribution is 5.67. The van der Waals surface area contributed by atoms with Crippen molar-refractivity contribution in [1.82, 2.24) is 5.32 Å². The normalized spacial score (nSPS) is 13.6. The fourth-order valence-corrected chi connectivity index (χ4v) is 0.592. The molecule has 78 valence electrons. The van der Waals surface area contributed by atoms with Crippen LogP contribution in [-0.2, 0) is 4.74 Å². The lowest BCUT2D eigenvalue weighted by molar-refractivity contribution is 0.0514. The van der Waals surface area contributed by atoms with Crippen LogP contribution in [0.5, 0.6) is 0 Å². The molecule has 0 fully saturated rings. The van der Waals surface area contributed by atoms with Crippen LogP contribution in [0.15, 0.2) is 0 Å². The first kappa shape index (κ1) is 12.2. The molecule has 0 aliphatic carbocycles. The highest BCUT2D eigenvalue weighted by Gasteiger charge is 2.16. The third-order valence-corrected chi connectivity index (χ3v) is 1.12. The summed E-state index contributed by atoms with van der Waals surface area (Å²) in [5.41, 5.74) is 4.46. The molecule has 5 heteroatoms. The van der Waals surface area contributed by atoms with Crippen molar-refractivity contribution >= 4 is 6.09 Å². The Hall–Kier alpha value is -0.840. The van der Waals surface area contributed by atoms with Crippen molar-refractivity contribution in [2.75, 3.05) is 13.1 Å². The van der Waals surface area contributed by atoms with Crippen LogP contribution >= 0.6 is 0 Å². The first-order valence-electron chi connectivity index (χ1n) is 4.16. The second kappa shape index (κ2) is 5.01. The standard InChI is InChI=1S/C8H17FN2O2/c1-8(2,3)13-7(12)11-5-6(9)4-10/h6H,4-5,10H2,1-3H3,(H,11,12)/t6-/m0/s1. The van der Waals surface area contributed by atoms with Gasteiger partial charge in [0.2, 0.25) is 0 Å². The smallest absolute Gasteiger partial charge is 0.407 e. The summed E-state index contributed by atoms with van der Waals surface area (Å²) in [5, 5.41) is 2.27. The van der Waals surface area contributed by atoms with Gasteiger partial charge in [0.05, 0.1) is 6.54 Å². The lowest BCUT2D eigenvalue weighted by atomic mass is 10.2. The molecule has 0 saturated carbocycles. The summed E-state index contributed by atoms with van der Waals surface area (Å²) in [5.74, 6) is 0. The van der Waals surface area contributed by atoms with E-state index < -0.39 is 17.9 Å². The van der Waals surface area contributed by atoms with Gasteiger partial charge >= 0.3 is 6.09 Å². The monoisotopic (exact) mass is 192 g/mol. The van der Waals surface area contributed by atoms with E-state index in [0.717, 1.165) is 0 Å². The number of nitrogens with two attached hydrogens (primary N) is 1. The molecule has 1 atom stereocenters. The number of hydrogen-bond donors (Lipinski definition) is 2. The summed E-state index contributed by atoms with van der Waals surface area (Å²) in [4.78, 5) is 10.9. The van der Waals surface area contributed by atoms with Gasteiger partial charge in [-0.1, -0.05) is 0 Å². The van der Waals surface area contributed by atoms with Gasteiger partial charge in [-0.25, -0.2) is 9.18 Å². The minimum Gasteiger partial charge on any atom is -0.444 e. The number of ether oxygens (including phenoxy) is 1. The zero-order valence-electron chi connectivity index (χ0n) is 8.26. The van der Waals surface area contributed by atoms with E-state index >= 15 is 0 Å². The zero-order valence-corrected chi connectivity index (χ0v) is 8.26. The van der Waals surface area contributed by atoms with E-state index in [2.05, 4.69) is 5.32 Å². The lowest BCUT2D eigenvalue weighted by Crippen LogP contribution is -2.37. The fraction of sp³-hybridized carbons (Fsp3) is 0.875. The maximum Gasteiger partial charge on any atom is 0.407 e. The Balaban J connectivity index is 3.64. The van der Waals surface area contributed by atoms with Crippen molar-refractivity contribution in [3.05, 3.63) is 0 Å². The molecule has 0 heterocycles. The van der Waals surface area contributed by atoms with Gasteiger partial charge in [-0.05, 0) is 20.8 Å². The first-order chi connectivity index (χ1) is 5.85. The maximum absolute atomic E-state index is 12.5. The van der Waals surface area contributed by atoms with Crippen LogP contribution in [0.2, 0.25) is 0 Å². The topological polar surface area (TPSA) is 64.3 Å². The third-order valence-electron chi connectivity index (χ3n) is 1.12. The highest BCUT2D eigenvalue weighted by atomic mass is 19.1. The third kappa shape index (κ3) is 7.52. The van der Waals surface area contributed by atoms with Gasteiger partial charge in [0.1, 0.15) is 11.8 Å². The second-order valence-corrected chi connectivity index (χ2v) is 3.72. The Bertz CT molecular complexity index is 168. The molecule has 0 saturated heterocycles. The number of alkyl carbamates (subject to hydrolysis) is 1. The van der Waals surface area contributed by atoms with Crippen molar-refractivity contribution in [1.29, 1.82) is 0 Å². The van der Waals surface area contributed by atoms with Crippen LogP contribution in [-0.4, -0.2) is 31.0 Å². The molecule has 0 rings (SSSR count). The quantitative estimate of drug-likeness (QED) is 0.695. The Morgan fingerprint density at radius 2 is 2.15 bits per heavy atom. The maximum atomic E-state index is 12.5. The van der Waals surface area contributed by atoms with Gasteiger partial charge < -0.3 is 15.8 Å². The molecule has 13 heavy (non-hydrogen) atoms. The molecule has 4 nitrogen and oxygen atoms in total. The van der Waals surface area contributed by atoms with Crippen molar-refractivity contribution < 1.29 is 13.9 Å².